The van der Waals surface area contributed by atoms with E-state index in [0.717, 1.165) is 16.8 Å². The molecule has 4 rings (SSSR count). The van der Waals surface area contributed by atoms with Crippen molar-refractivity contribution in [3.8, 4) is 0 Å². The Morgan fingerprint density at radius 1 is 1.04 bits per heavy atom. The average molecular weight is 368 g/mol. The normalized spacial score (nSPS) is 17.0. The molecule has 1 aliphatic heterocycles. The number of carbonyl (C=O) groups is 1. The zero-order chi connectivity index (χ0) is 17.9. The van der Waals surface area contributed by atoms with Gasteiger partial charge in [-0.3, -0.25) is 4.79 Å². The van der Waals surface area contributed by atoms with Crippen molar-refractivity contribution in [1.29, 1.82) is 0 Å². The van der Waals surface area contributed by atoms with Gasteiger partial charge in [0.1, 0.15) is 16.9 Å². The molecule has 0 aliphatic carbocycles. The lowest BCUT2D eigenvalue weighted by atomic mass is 10.2. The van der Waals surface area contributed by atoms with E-state index in [4.69, 9.17) is 0 Å². The summed E-state index contributed by atoms with van der Waals surface area (Å²) in [6, 6.07) is 16.2. The number of carbonyl (C=O) groups excluding carboxylic acids is 1. The minimum Gasteiger partial charge on any atom is -0.320 e. The van der Waals surface area contributed by atoms with E-state index in [2.05, 4.69) is 10.3 Å². The molecule has 132 valence electrons. The number of rotatable bonds is 5. The number of hydrogen-bond donors (Lipinski definition) is 0. The van der Waals surface area contributed by atoms with Crippen LogP contribution in [0.15, 0.2) is 60.8 Å². The maximum absolute atomic E-state index is 13.0. The fraction of sp³-hybridized carbons (Fsp3) is 0.211. The first kappa shape index (κ1) is 16.8. The predicted molar refractivity (Wildman–Crippen MR) is 97.7 cm³/mol. The van der Waals surface area contributed by atoms with Gasteiger partial charge in [0, 0.05) is 6.54 Å². The molecule has 2 heterocycles. The SMILES string of the molecule is O=C1CS[C@@H](c2cn(Cc3ccc(F)cc3)nn2)N1Cc1ccccc1. The third kappa shape index (κ3) is 3.62. The molecule has 0 saturated carbocycles. The van der Waals surface area contributed by atoms with Crippen LogP contribution < -0.4 is 0 Å². The molecular weight excluding hydrogens is 351 g/mol. The van der Waals surface area contributed by atoms with E-state index in [1.54, 1.807) is 28.6 Å². The van der Waals surface area contributed by atoms with Crippen LogP contribution in [0.25, 0.3) is 0 Å². The van der Waals surface area contributed by atoms with Gasteiger partial charge in [0.2, 0.25) is 5.91 Å². The highest BCUT2D eigenvalue weighted by Crippen LogP contribution is 2.38. The quantitative estimate of drug-likeness (QED) is 0.694. The second-order valence-corrected chi connectivity index (χ2v) is 7.21. The first-order chi connectivity index (χ1) is 12.7. The summed E-state index contributed by atoms with van der Waals surface area (Å²) in [4.78, 5) is 14.1. The maximum Gasteiger partial charge on any atom is 0.234 e. The van der Waals surface area contributed by atoms with E-state index in [1.165, 1.54) is 12.1 Å². The topological polar surface area (TPSA) is 51.0 Å². The number of halogens is 1. The molecule has 0 bridgehead atoms. The number of amides is 1. The van der Waals surface area contributed by atoms with E-state index >= 15 is 0 Å². The highest BCUT2D eigenvalue weighted by atomic mass is 32.2. The summed E-state index contributed by atoms with van der Waals surface area (Å²) in [5.41, 5.74) is 2.80. The lowest BCUT2D eigenvalue weighted by Crippen LogP contribution is -2.27. The zero-order valence-electron chi connectivity index (χ0n) is 14.0. The van der Waals surface area contributed by atoms with E-state index in [9.17, 15) is 9.18 Å². The van der Waals surface area contributed by atoms with Gasteiger partial charge >= 0.3 is 0 Å². The number of aromatic nitrogens is 3. The standard InChI is InChI=1S/C19H17FN4OS/c20-16-8-6-15(7-9-16)10-23-12-17(21-22-23)19-24(18(25)13-26-19)11-14-4-2-1-3-5-14/h1-9,12,19H,10-11,13H2/t19-/m0/s1. The van der Waals surface area contributed by atoms with Gasteiger partial charge in [0.25, 0.3) is 0 Å². The fourth-order valence-corrected chi connectivity index (χ4v) is 4.05. The summed E-state index contributed by atoms with van der Waals surface area (Å²) < 4.78 is 14.7. The smallest absolute Gasteiger partial charge is 0.234 e. The third-order valence-corrected chi connectivity index (χ3v) is 5.46. The molecule has 2 aromatic carbocycles. The van der Waals surface area contributed by atoms with Gasteiger partial charge in [-0.15, -0.1) is 16.9 Å². The van der Waals surface area contributed by atoms with Gasteiger partial charge in [0.05, 0.1) is 18.5 Å². The highest BCUT2D eigenvalue weighted by molar-refractivity contribution is 8.00. The van der Waals surface area contributed by atoms with Crippen molar-refractivity contribution in [2.75, 3.05) is 5.75 Å². The Bertz CT molecular complexity index is 897. The monoisotopic (exact) mass is 368 g/mol. The van der Waals surface area contributed by atoms with E-state index < -0.39 is 0 Å². The van der Waals surface area contributed by atoms with Crippen LogP contribution in [-0.4, -0.2) is 31.6 Å². The van der Waals surface area contributed by atoms with Crippen molar-refractivity contribution in [3.63, 3.8) is 0 Å². The van der Waals surface area contributed by atoms with Crippen LogP contribution in [0.4, 0.5) is 4.39 Å². The van der Waals surface area contributed by atoms with Crippen molar-refractivity contribution in [3.05, 3.63) is 83.4 Å². The molecule has 7 heteroatoms. The predicted octanol–water partition coefficient (Wildman–Crippen LogP) is 3.24. The molecule has 1 aliphatic rings. The largest absolute Gasteiger partial charge is 0.320 e. The van der Waals surface area contributed by atoms with Crippen LogP contribution >= 0.6 is 11.8 Å². The summed E-state index contributed by atoms with van der Waals surface area (Å²) in [6.45, 7) is 1.07. The maximum atomic E-state index is 13.0. The Morgan fingerprint density at radius 2 is 1.77 bits per heavy atom. The minimum atomic E-state index is -0.259. The lowest BCUT2D eigenvalue weighted by Gasteiger charge is -2.22. The first-order valence-corrected chi connectivity index (χ1v) is 9.33. The molecule has 0 N–H and O–H groups in total. The van der Waals surface area contributed by atoms with Crippen LogP contribution in [0, 0.1) is 5.82 Å². The summed E-state index contributed by atoms with van der Waals surface area (Å²) >= 11 is 1.56. The highest BCUT2D eigenvalue weighted by Gasteiger charge is 2.34. The zero-order valence-corrected chi connectivity index (χ0v) is 14.8. The number of nitrogens with zero attached hydrogens (tertiary/aromatic N) is 4. The van der Waals surface area contributed by atoms with Gasteiger partial charge in [-0.25, -0.2) is 9.07 Å². The van der Waals surface area contributed by atoms with Crippen molar-refractivity contribution < 1.29 is 9.18 Å². The summed E-state index contributed by atoms with van der Waals surface area (Å²) in [7, 11) is 0. The Hall–Kier alpha value is -2.67. The van der Waals surface area contributed by atoms with E-state index in [-0.39, 0.29) is 17.1 Å². The minimum absolute atomic E-state index is 0.108. The van der Waals surface area contributed by atoms with Crippen molar-refractivity contribution >= 4 is 17.7 Å². The fourth-order valence-electron chi connectivity index (χ4n) is 2.93. The van der Waals surface area contributed by atoms with Crippen molar-refractivity contribution in [1.82, 2.24) is 19.9 Å². The Labute approximate surface area is 154 Å². The molecule has 5 nitrogen and oxygen atoms in total. The molecule has 26 heavy (non-hydrogen) atoms. The summed E-state index contributed by atoms with van der Waals surface area (Å²) in [5.74, 6) is 0.296. The summed E-state index contributed by atoms with van der Waals surface area (Å²) in [5, 5.41) is 8.29. The number of hydrogen-bond acceptors (Lipinski definition) is 4. The number of thioether (sulfide) groups is 1. The van der Waals surface area contributed by atoms with Crippen LogP contribution in [0.2, 0.25) is 0 Å². The molecule has 1 atom stereocenters. The van der Waals surface area contributed by atoms with Gasteiger partial charge in [-0.2, -0.15) is 0 Å². The third-order valence-electron chi connectivity index (χ3n) is 4.23. The van der Waals surface area contributed by atoms with Gasteiger partial charge in [-0.1, -0.05) is 47.7 Å². The van der Waals surface area contributed by atoms with Crippen LogP contribution in [-0.2, 0) is 17.9 Å². The van der Waals surface area contributed by atoms with E-state index in [1.807, 2.05) is 41.4 Å². The molecule has 1 saturated heterocycles. The van der Waals surface area contributed by atoms with Gasteiger partial charge in [0.15, 0.2) is 0 Å². The molecule has 1 aromatic heterocycles. The molecule has 0 radical (unpaired) electrons. The Morgan fingerprint density at radius 3 is 2.54 bits per heavy atom. The van der Waals surface area contributed by atoms with Crippen LogP contribution in [0.1, 0.15) is 22.2 Å². The van der Waals surface area contributed by atoms with E-state index in [0.29, 0.717) is 18.8 Å². The Kier molecular flexibility index (Phi) is 4.71. The van der Waals surface area contributed by atoms with Crippen molar-refractivity contribution in [2.24, 2.45) is 0 Å². The van der Waals surface area contributed by atoms with Crippen LogP contribution in [0.3, 0.4) is 0 Å². The summed E-state index contributed by atoms with van der Waals surface area (Å²) in [6.07, 6.45) is 1.86. The number of benzene rings is 2. The average Bonchev–Trinajstić information content (AvgIpc) is 3.25. The molecular formula is C19H17FN4OS. The molecule has 0 unspecified atom stereocenters. The van der Waals surface area contributed by atoms with Gasteiger partial charge < -0.3 is 4.90 Å². The molecule has 0 spiro atoms. The lowest BCUT2D eigenvalue weighted by molar-refractivity contribution is -0.128. The molecule has 1 fully saturated rings. The molecule has 3 aromatic rings. The Balaban J connectivity index is 1.50. The van der Waals surface area contributed by atoms with Crippen molar-refractivity contribution in [2.45, 2.75) is 18.5 Å². The molecule has 1 amide bonds. The second-order valence-electron chi connectivity index (χ2n) is 6.14. The first-order valence-electron chi connectivity index (χ1n) is 8.28. The second kappa shape index (κ2) is 7.29. The van der Waals surface area contributed by atoms with Crippen LogP contribution in [0.5, 0.6) is 0 Å². The van der Waals surface area contributed by atoms with Gasteiger partial charge in [-0.05, 0) is 23.3 Å².